The van der Waals surface area contributed by atoms with Crippen molar-refractivity contribution in [1.29, 1.82) is 0 Å². The lowest BCUT2D eigenvalue weighted by molar-refractivity contribution is 0.413. The van der Waals surface area contributed by atoms with Gasteiger partial charge >= 0.3 is 0 Å². The van der Waals surface area contributed by atoms with E-state index in [9.17, 15) is 8.42 Å². The summed E-state index contributed by atoms with van der Waals surface area (Å²) in [7, 11) is -1.64. The van der Waals surface area contributed by atoms with Crippen LogP contribution >= 0.6 is 0 Å². The number of sulfone groups is 1. The van der Waals surface area contributed by atoms with Gasteiger partial charge in [0.15, 0.2) is 9.84 Å². The monoisotopic (exact) mass is 200 g/mol. The maximum atomic E-state index is 11.3. The van der Waals surface area contributed by atoms with E-state index in [0.717, 1.165) is 5.56 Å². The lowest BCUT2D eigenvalue weighted by Gasteiger charge is -2.05. The fourth-order valence-corrected chi connectivity index (χ4v) is 2.09. The summed E-state index contributed by atoms with van der Waals surface area (Å²) >= 11 is 0. The Bertz CT molecular complexity index is 407. The van der Waals surface area contributed by atoms with Crippen molar-refractivity contribution in [2.45, 2.75) is 11.8 Å². The van der Waals surface area contributed by atoms with Crippen LogP contribution in [-0.4, -0.2) is 21.8 Å². The van der Waals surface area contributed by atoms with Gasteiger partial charge in [0.2, 0.25) is 0 Å². The Morgan fingerprint density at radius 2 is 1.92 bits per heavy atom. The summed E-state index contributed by atoms with van der Waals surface area (Å²) in [6.45, 7) is 1.76. The van der Waals surface area contributed by atoms with E-state index in [4.69, 9.17) is 4.74 Å². The van der Waals surface area contributed by atoms with Gasteiger partial charge in [-0.05, 0) is 24.6 Å². The molecule has 0 atom stereocenters. The number of benzene rings is 1. The predicted molar refractivity (Wildman–Crippen MR) is 50.8 cm³/mol. The largest absolute Gasteiger partial charge is 0.497 e. The van der Waals surface area contributed by atoms with Crippen LogP contribution < -0.4 is 4.74 Å². The van der Waals surface area contributed by atoms with Gasteiger partial charge in [-0.3, -0.25) is 0 Å². The van der Waals surface area contributed by atoms with E-state index in [2.05, 4.69) is 0 Å². The van der Waals surface area contributed by atoms with Crippen LogP contribution in [0.2, 0.25) is 0 Å². The van der Waals surface area contributed by atoms with E-state index in [1.807, 2.05) is 0 Å². The minimum absolute atomic E-state index is 0.326. The molecule has 3 nitrogen and oxygen atoms in total. The third-order valence-electron chi connectivity index (χ3n) is 1.79. The second kappa shape index (κ2) is 3.38. The van der Waals surface area contributed by atoms with E-state index in [1.165, 1.54) is 19.4 Å². The summed E-state index contributed by atoms with van der Waals surface area (Å²) in [5, 5.41) is 0. The van der Waals surface area contributed by atoms with Crippen LogP contribution in [0.1, 0.15) is 5.56 Å². The first-order chi connectivity index (χ1) is 5.95. The SMILES string of the molecule is COc1ccc(C)c(S(C)(=O)=O)c1. The third-order valence-corrected chi connectivity index (χ3v) is 3.03. The van der Waals surface area contributed by atoms with Gasteiger partial charge in [0, 0.05) is 6.26 Å². The van der Waals surface area contributed by atoms with Crippen molar-refractivity contribution in [1.82, 2.24) is 0 Å². The van der Waals surface area contributed by atoms with Crippen molar-refractivity contribution in [3.63, 3.8) is 0 Å². The van der Waals surface area contributed by atoms with Crippen LogP contribution in [-0.2, 0) is 9.84 Å². The molecule has 4 heteroatoms. The van der Waals surface area contributed by atoms with E-state index >= 15 is 0 Å². The number of ether oxygens (including phenoxy) is 1. The summed E-state index contributed by atoms with van der Waals surface area (Å²) in [6, 6.07) is 5.00. The first kappa shape index (κ1) is 10.1. The minimum Gasteiger partial charge on any atom is -0.497 e. The second-order valence-corrected chi connectivity index (χ2v) is 4.89. The zero-order valence-electron chi connectivity index (χ0n) is 7.87. The molecular formula is C9H12O3S. The van der Waals surface area contributed by atoms with E-state index in [1.54, 1.807) is 19.1 Å². The topological polar surface area (TPSA) is 43.4 Å². The van der Waals surface area contributed by atoms with E-state index < -0.39 is 9.84 Å². The van der Waals surface area contributed by atoms with Crippen molar-refractivity contribution in [3.8, 4) is 5.75 Å². The van der Waals surface area contributed by atoms with Crippen LogP contribution in [0.15, 0.2) is 23.1 Å². The van der Waals surface area contributed by atoms with Gasteiger partial charge in [-0.2, -0.15) is 0 Å². The molecule has 13 heavy (non-hydrogen) atoms. The molecule has 0 saturated carbocycles. The van der Waals surface area contributed by atoms with E-state index in [-0.39, 0.29) is 0 Å². The van der Waals surface area contributed by atoms with Gasteiger partial charge < -0.3 is 4.74 Å². The molecule has 0 aliphatic rings. The van der Waals surface area contributed by atoms with E-state index in [0.29, 0.717) is 10.6 Å². The van der Waals surface area contributed by atoms with Crippen LogP contribution in [0.25, 0.3) is 0 Å². The average molecular weight is 200 g/mol. The standard InChI is InChI=1S/C9H12O3S/c1-7-4-5-8(12-2)6-9(7)13(3,10)11/h4-6H,1-3H3. The smallest absolute Gasteiger partial charge is 0.175 e. The number of hydrogen-bond donors (Lipinski definition) is 0. The summed E-state index contributed by atoms with van der Waals surface area (Å²) in [4.78, 5) is 0.326. The van der Waals surface area contributed by atoms with Gasteiger partial charge in [-0.1, -0.05) is 6.07 Å². The van der Waals surface area contributed by atoms with Crippen molar-refractivity contribution in [3.05, 3.63) is 23.8 Å². The normalized spacial score (nSPS) is 11.3. The molecule has 0 radical (unpaired) electrons. The highest BCUT2D eigenvalue weighted by Gasteiger charge is 2.11. The highest BCUT2D eigenvalue weighted by atomic mass is 32.2. The Morgan fingerprint density at radius 1 is 1.31 bits per heavy atom. The zero-order chi connectivity index (χ0) is 10.1. The van der Waals surface area contributed by atoms with Crippen molar-refractivity contribution < 1.29 is 13.2 Å². The first-order valence-corrected chi connectivity index (χ1v) is 5.69. The van der Waals surface area contributed by atoms with Gasteiger partial charge in [-0.15, -0.1) is 0 Å². The van der Waals surface area contributed by atoms with Crippen LogP contribution in [0.5, 0.6) is 5.75 Å². The fraction of sp³-hybridized carbons (Fsp3) is 0.333. The Kier molecular flexibility index (Phi) is 2.61. The molecule has 0 fully saturated rings. The maximum absolute atomic E-state index is 11.3. The number of aryl methyl sites for hydroxylation is 1. The van der Waals surface area contributed by atoms with Gasteiger partial charge in [0.25, 0.3) is 0 Å². The summed E-state index contributed by atoms with van der Waals surface area (Å²) in [5.74, 6) is 0.561. The highest BCUT2D eigenvalue weighted by Crippen LogP contribution is 2.20. The average Bonchev–Trinajstić information content (AvgIpc) is 2.03. The molecule has 0 aliphatic carbocycles. The van der Waals surface area contributed by atoms with Gasteiger partial charge in [-0.25, -0.2) is 8.42 Å². The quantitative estimate of drug-likeness (QED) is 0.725. The molecule has 1 aromatic carbocycles. The summed E-state index contributed by atoms with van der Waals surface area (Å²) in [6.07, 6.45) is 1.19. The Hall–Kier alpha value is -1.03. The molecule has 72 valence electrons. The van der Waals surface area contributed by atoms with Crippen molar-refractivity contribution in [2.24, 2.45) is 0 Å². The van der Waals surface area contributed by atoms with Gasteiger partial charge in [0.05, 0.1) is 12.0 Å². The molecule has 0 aliphatic heterocycles. The highest BCUT2D eigenvalue weighted by molar-refractivity contribution is 7.90. The molecule has 1 aromatic rings. The molecule has 0 saturated heterocycles. The molecule has 0 spiro atoms. The lowest BCUT2D eigenvalue weighted by Crippen LogP contribution is -2.00. The van der Waals surface area contributed by atoms with Crippen LogP contribution in [0.4, 0.5) is 0 Å². The van der Waals surface area contributed by atoms with Crippen molar-refractivity contribution in [2.75, 3.05) is 13.4 Å². The predicted octanol–water partition coefficient (Wildman–Crippen LogP) is 1.41. The summed E-state index contributed by atoms with van der Waals surface area (Å²) < 4.78 is 27.5. The molecular weight excluding hydrogens is 188 g/mol. The Morgan fingerprint density at radius 3 is 2.38 bits per heavy atom. The molecule has 0 amide bonds. The molecule has 0 aromatic heterocycles. The molecule has 1 rings (SSSR count). The lowest BCUT2D eigenvalue weighted by atomic mass is 10.2. The number of hydrogen-bond acceptors (Lipinski definition) is 3. The fourth-order valence-electron chi connectivity index (χ4n) is 1.11. The molecule has 0 bridgehead atoms. The maximum Gasteiger partial charge on any atom is 0.175 e. The molecule has 0 N–H and O–H groups in total. The third kappa shape index (κ3) is 2.21. The number of rotatable bonds is 2. The zero-order valence-corrected chi connectivity index (χ0v) is 8.68. The molecule has 0 unspecified atom stereocenters. The van der Waals surface area contributed by atoms with Crippen LogP contribution in [0.3, 0.4) is 0 Å². The van der Waals surface area contributed by atoms with Crippen molar-refractivity contribution >= 4 is 9.84 Å². The first-order valence-electron chi connectivity index (χ1n) is 3.80. The number of methoxy groups -OCH3 is 1. The second-order valence-electron chi connectivity index (χ2n) is 2.90. The Labute approximate surface area is 78.3 Å². The Balaban J connectivity index is 3.36. The minimum atomic E-state index is -3.15. The summed E-state index contributed by atoms with van der Waals surface area (Å²) in [5.41, 5.74) is 0.739. The van der Waals surface area contributed by atoms with Gasteiger partial charge in [0.1, 0.15) is 5.75 Å². The van der Waals surface area contributed by atoms with Crippen LogP contribution in [0, 0.1) is 6.92 Å². The molecule has 0 heterocycles.